The molecule has 4 aliphatic rings. The number of aliphatic hydroxyl groups is 1. The van der Waals surface area contributed by atoms with Gasteiger partial charge in [0.25, 0.3) is 0 Å². The first-order valence-electron chi connectivity index (χ1n) is 5.64. The Kier molecular flexibility index (Phi) is 1.59. The highest BCUT2D eigenvalue weighted by atomic mass is 16.5. The van der Waals surface area contributed by atoms with Crippen molar-refractivity contribution in [3.63, 3.8) is 0 Å². The molecule has 4 bridgehead atoms. The van der Waals surface area contributed by atoms with Gasteiger partial charge in [0.05, 0.1) is 11.9 Å². The molecule has 1 N–H and O–H groups in total. The Morgan fingerprint density at radius 2 is 1.86 bits per heavy atom. The predicted octanol–water partition coefficient (Wildman–Crippen LogP) is 2.23. The smallest absolute Gasteiger partial charge is 0.111 e. The topological polar surface area (TPSA) is 29.5 Å². The quantitative estimate of drug-likeness (QED) is 0.683. The van der Waals surface area contributed by atoms with Gasteiger partial charge >= 0.3 is 0 Å². The van der Waals surface area contributed by atoms with Crippen molar-refractivity contribution in [1.82, 2.24) is 0 Å². The molecule has 2 atom stereocenters. The zero-order valence-electron chi connectivity index (χ0n) is 8.54. The summed E-state index contributed by atoms with van der Waals surface area (Å²) in [6.07, 6.45) is 7.99. The lowest BCUT2D eigenvalue weighted by Gasteiger charge is -2.59. The first kappa shape index (κ1) is 8.78. The molecule has 0 aromatic rings. The molecule has 0 aliphatic heterocycles. The van der Waals surface area contributed by atoms with Gasteiger partial charge in [0.2, 0.25) is 0 Å². The van der Waals surface area contributed by atoms with Crippen molar-refractivity contribution >= 4 is 0 Å². The SMILES string of the molecule is C=COC12CC3CC(CC(O)(C3)C1)C2. The highest BCUT2D eigenvalue weighted by Crippen LogP contribution is 2.58. The van der Waals surface area contributed by atoms with Gasteiger partial charge in [-0.3, -0.25) is 0 Å². The third-order valence-corrected chi connectivity index (χ3v) is 4.31. The first-order chi connectivity index (χ1) is 6.63. The summed E-state index contributed by atoms with van der Waals surface area (Å²) in [6, 6.07) is 0. The number of ether oxygens (including phenoxy) is 1. The van der Waals surface area contributed by atoms with Crippen LogP contribution in [0.25, 0.3) is 0 Å². The zero-order valence-corrected chi connectivity index (χ0v) is 8.54. The van der Waals surface area contributed by atoms with Gasteiger partial charge in [-0.25, -0.2) is 0 Å². The second-order valence-corrected chi connectivity index (χ2v) is 5.65. The van der Waals surface area contributed by atoms with E-state index in [1.54, 1.807) is 6.26 Å². The van der Waals surface area contributed by atoms with Crippen molar-refractivity contribution in [1.29, 1.82) is 0 Å². The van der Waals surface area contributed by atoms with Crippen LogP contribution in [0.4, 0.5) is 0 Å². The molecule has 4 aliphatic carbocycles. The van der Waals surface area contributed by atoms with Crippen molar-refractivity contribution in [3.05, 3.63) is 12.8 Å². The molecule has 0 heterocycles. The van der Waals surface area contributed by atoms with E-state index in [1.165, 1.54) is 6.42 Å². The molecule has 2 unspecified atom stereocenters. The van der Waals surface area contributed by atoms with E-state index < -0.39 is 5.60 Å². The molecule has 78 valence electrons. The molecule has 0 aromatic carbocycles. The van der Waals surface area contributed by atoms with Crippen molar-refractivity contribution in [2.45, 2.75) is 49.7 Å². The molecular formula is C12H18O2. The number of hydrogen-bond acceptors (Lipinski definition) is 2. The minimum absolute atomic E-state index is 0.0550. The highest BCUT2D eigenvalue weighted by molar-refractivity contribution is 5.10. The lowest BCUT2D eigenvalue weighted by molar-refractivity contribution is -0.201. The summed E-state index contributed by atoms with van der Waals surface area (Å²) in [5.74, 6) is 1.39. The molecule has 0 radical (unpaired) electrons. The van der Waals surface area contributed by atoms with Crippen LogP contribution in [-0.2, 0) is 4.74 Å². The van der Waals surface area contributed by atoms with Crippen molar-refractivity contribution in [3.8, 4) is 0 Å². The molecule has 2 heteroatoms. The van der Waals surface area contributed by atoms with Crippen LogP contribution in [0.1, 0.15) is 38.5 Å². The van der Waals surface area contributed by atoms with Crippen LogP contribution < -0.4 is 0 Å². The maximum absolute atomic E-state index is 10.4. The average molecular weight is 194 g/mol. The minimum Gasteiger partial charge on any atom is -0.495 e. The summed E-state index contributed by atoms with van der Waals surface area (Å²) in [7, 11) is 0. The maximum Gasteiger partial charge on any atom is 0.111 e. The molecule has 0 spiro atoms. The number of rotatable bonds is 2. The van der Waals surface area contributed by atoms with E-state index in [4.69, 9.17) is 4.74 Å². The predicted molar refractivity (Wildman–Crippen MR) is 53.6 cm³/mol. The van der Waals surface area contributed by atoms with Crippen LogP contribution in [0, 0.1) is 11.8 Å². The molecular weight excluding hydrogens is 176 g/mol. The van der Waals surface area contributed by atoms with Crippen LogP contribution in [-0.4, -0.2) is 16.3 Å². The monoisotopic (exact) mass is 194 g/mol. The van der Waals surface area contributed by atoms with Crippen LogP contribution in [0.5, 0.6) is 0 Å². The van der Waals surface area contributed by atoms with Crippen molar-refractivity contribution in [2.75, 3.05) is 0 Å². The van der Waals surface area contributed by atoms with E-state index >= 15 is 0 Å². The Hall–Kier alpha value is -0.500. The molecule has 4 fully saturated rings. The second-order valence-electron chi connectivity index (χ2n) is 5.65. The molecule has 2 nitrogen and oxygen atoms in total. The van der Waals surface area contributed by atoms with Crippen LogP contribution >= 0.6 is 0 Å². The van der Waals surface area contributed by atoms with Crippen LogP contribution in [0.2, 0.25) is 0 Å². The largest absolute Gasteiger partial charge is 0.495 e. The third-order valence-electron chi connectivity index (χ3n) is 4.31. The molecule has 4 saturated carbocycles. The summed E-state index contributed by atoms with van der Waals surface area (Å²) in [4.78, 5) is 0. The lowest BCUT2D eigenvalue weighted by atomic mass is 9.52. The molecule has 0 amide bonds. The summed E-state index contributed by atoms with van der Waals surface area (Å²) in [5, 5.41) is 10.4. The van der Waals surface area contributed by atoms with Gasteiger partial charge in [0.15, 0.2) is 0 Å². The zero-order chi connectivity index (χ0) is 9.81. The molecule has 14 heavy (non-hydrogen) atoms. The Bertz CT molecular complexity index is 257. The Balaban J connectivity index is 1.92. The summed E-state index contributed by atoms with van der Waals surface area (Å²) >= 11 is 0. The summed E-state index contributed by atoms with van der Waals surface area (Å²) in [6.45, 7) is 3.66. The van der Waals surface area contributed by atoms with Gasteiger partial charge in [0, 0.05) is 6.42 Å². The van der Waals surface area contributed by atoms with E-state index in [9.17, 15) is 5.11 Å². The van der Waals surface area contributed by atoms with E-state index in [1.807, 2.05) is 0 Å². The second kappa shape index (κ2) is 2.54. The Morgan fingerprint density at radius 3 is 2.36 bits per heavy atom. The van der Waals surface area contributed by atoms with Gasteiger partial charge in [-0.15, -0.1) is 0 Å². The molecule has 4 rings (SSSR count). The first-order valence-corrected chi connectivity index (χ1v) is 5.64. The van der Waals surface area contributed by atoms with E-state index in [2.05, 4.69) is 6.58 Å². The normalized spacial score (nSPS) is 54.6. The fourth-order valence-electron chi connectivity index (χ4n) is 4.45. The van der Waals surface area contributed by atoms with Gasteiger partial charge in [-0.1, -0.05) is 6.58 Å². The number of hydrogen-bond donors (Lipinski definition) is 1. The lowest BCUT2D eigenvalue weighted by Crippen LogP contribution is -2.59. The van der Waals surface area contributed by atoms with Gasteiger partial charge in [-0.2, -0.15) is 0 Å². The molecule has 0 aromatic heterocycles. The highest BCUT2D eigenvalue weighted by Gasteiger charge is 2.58. The van der Waals surface area contributed by atoms with Crippen LogP contribution in [0.3, 0.4) is 0 Å². The van der Waals surface area contributed by atoms with Gasteiger partial charge < -0.3 is 9.84 Å². The van der Waals surface area contributed by atoms with Crippen molar-refractivity contribution in [2.24, 2.45) is 11.8 Å². The maximum atomic E-state index is 10.4. The summed E-state index contributed by atoms with van der Waals surface area (Å²) in [5.41, 5.74) is -0.465. The third kappa shape index (κ3) is 1.13. The van der Waals surface area contributed by atoms with Gasteiger partial charge in [-0.05, 0) is 43.9 Å². The minimum atomic E-state index is -0.410. The van der Waals surface area contributed by atoms with E-state index in [0.717, 1.165) is 32.1 Å². The Labute approximate surface area is 85.0 Å². The fourth-order valence-corrected chi connectivity index (χ4v) is 4.45. The van der Waals surface area contributed by atoms with Crippen molar-refractivity contribution < 1.29 is 9.84 Å². The standard InChI is InChI=1S/C12H18O2/c1-2-14-12-6-9-3-10(7-12)5-11(13,4-9)8-12/h2,9-10,13H,1,3-8H2. The van der Waals surface area contributed by atoms with E-state index in [0.29, 0.717) is 11.8 Å². The fraction of sp³-hybridized carbons (Fsp3) is 0.833. The van der Waals surface area contributed by atoms with Crippen LogP contribution in [0.15, 0.2) is 12.8 Å². The molecule has 0 saturated heterocycles. The Morgan fingerprint density at radius 1 is 1.21 bits per heavy atom. The summed E-state index contributed by atoms with van der Waals surface area (Å²) < 4.78 is 5.71. The van der Waals surface area contributed by atoms with E-state index in [-0.39, 0.29) is 5.60 Å². The average Bonchev–Trinajstić information content (AvgIpc) is 1.97. The van der Waals surface area contributed by atoms with Gasteiger partial charge in [0.1, 0.15) is 5.60 Å².